The summed E-state index contributed by atoms with van der Waals surface area (Å²) in [5.41, 5.74) is 0.697. The van der Waals surface area contributed by atoms with Crippen molar-refractivity contribution in [2.75, 3.05) is 19.6 Å². The lowest BCUT2D eigenvalue weighted by Gasteiger charge is -2.38. The molecule has 3 aliphatic heterocycles. The third-order valence-electron chi connectivity index (χ3n) is 6.42. The SMILES string of the molecule is O=C(c1ccncc1)N1C[C@H]2CC[C@@H](C1)N(C(=O)C1CCCCCC1)C2. The number of piperidine rings is 1. The fraction of sp³-hybridized carbons (Fsp3) is 0.667. The highest BCUT2D eigenvalue weighted by atomic mass is 16.2. The van der Waals surface area contributed by atoms with Crippen molar-refractivity contribution in [1.29, 1.82) is 0 Å². The van der Waals surface area contributed by atoms with E-state index < -0.39 is 0 Å². The van der Waals surface area contributed by atoms with Crippen LogP contribution >= 0.6 is 0 Å². The van der Waals surface area contributed by atoms with E-state index in [0.29, 0.717) is 23.9 Å². The number of carbonyl (C=O) groups excluding carboxylic acids is 2. The van der Waals surface area contributed by atoms with E-state index in [2.05, 4.69) is 9.88 Å². The highest BCUT2D eigenvalue weighted by Gasteiger charge is 2.40. The molecule has 5 heteroatoms. The number of carbonyl (C=O) groups is 2. The fourth-order valence-corrected chi connectivity index (χ4v) is 4.96. The van der Waals surface area contributed by atoms with Crippen LogP contribution in [-0.4, -0.2) is 52.3 Å². The van der Waals surface area contributed by atoms with Gasteiger partial charge in [0.1, 0.15) is 0 Å². The van der Waals surface area contributed by atoms with Gasteiger partial charge in [-0.15, -0.1) is 0 Å². The smallest absolute Gasteiger partial charge is 0.254 e. The number of pyridine rings is 1. The Bertz CT molecular complexity index is 640. The fourth-order valence-electron chi connectivity index (χ4n) is 4.96. The standard InChI is InChI=1S/C21H29N3O2/c25-20(18-9-11-22-12-10-18)23-13-16-7-8-19(15-23)24(14-16)21(26)17-5-3-1-2-4-6-17/h9-12,16-17,19H,1-8,13-15H2/t16-,19+/m1/s1. The molecule has 0 spiro atoms. The Balaban J connectivity index is 1.48. The Labute approximate surface area is 155 Å². The summed E-state index contributed by atoms with van der Waals surface area (Å²) in [5, 5.41) is 0. The second-order valence-corrected chi connectivity index (χ2v) is 8.22. The Morgan fingerprint density at radius 3 is 2.35 bits per heavy atom. The van der Waals surface area contributed by atoms with Crippen molar-refractivity contribution in [1.82, 2.24) is 14.8 Å². The second kappa shape index (κ2) is 7.77. The number of hydrogen-bond donors (Lipinski definition) is 0. The molecular formula is C21H29N3O2. The maximum Gasteiger partial charge on any atom is 0.254 e. The molecule has 1 aromatic heterocycles. The lowest BCUT2D eigenvalue weighted by atomic mass is 9.91. The van der Waals surface area contributed by atoms with Crippen LogP contribution in [0.3, 0.4) is 0 Å². The minimum Gasteiger partial charge on any atom is -0.337 e. The van der Waals surface area contributed by atoms with Crippen LogP contribution in [0.2, 0.25) is 0 Å². The van der Waals surface area contributed by atoms with Gasteiger partial charge in [0.05, 0.1) is 0 Å². The van der Waals surface area contributed by atoms with Crippen molar-refractivity contribution in [3.8, 4) is 0 Å². The molecule has 1 aliphatic carbocycles. The molecule has 5 rings (SSSR count). The summed E-state index contributed by atoms with van der Waals surface area (Å²) in [6.45, 7) is 2.28. The number of nitrogens with zero attached hydrogens (tertiary/aromatic N) is 3. The number of aromatic nitrogens is 1. The summed E-state index contributed by atoms with van der Waals surface area (Å²) in [6.07, 6.45) is 12.5. The van der Waals surface area contributed by atoms with E-state index in [1.807, 2.05) is 4.90 Å². The highest BCUT2D eigenvalue weighted by molar-refractivity contribution is 5.94. The van der Waals surface area contributed by atoms with Gasteiger partial charge in [0.25, 0.3) is 5.91 Å². The molecule has 4 fully saturated rings. The normalized spacial score (nSPS) is 27.1. The van der Waals surface area contributed by atoms with E-state index in [1.54, 1.807) is 24.5 Å². The van der Waals surface area contributed by atoms with Crippen LogP contribution in [0.25, 0.3) is 0 Å². The number of amides is 2. The van der Waals surface area contributed by atoms with Crippen LogP contribution in [0, 0.1) is 11.8 Å². The van der Waals surface area contributed by atoms with Crippen LogP contribution in [0.1, 0.15) is 61.7 Å². The molecule has 2 atom stereocenters. The van der Waals surface area contributed by atoms with Crippen molar-refractivity contribution in [2.45, 2.75) is 57.4 Å². The molecule has 4 heterocycles. The minimum atomic E-state index is 0.0769. The van der Waals surface area contributed by atoms with Crippen molar-refractivity contribution in [3.63, 3.8) is 0 Å². The molecule has 4 aliphatic rings. The van der Waals surface area contributed by atoms with Gasteiger partial charge in [0.15, 0.2) is 0 Å². The van der Waals surface area contributed by atoms with Crippen molar-refractivity contribution < 1.29 is 9.59 Å². The number of rotatable bonds is 2. The zero-order valence-corrected chi connectivity index (χ0v) is 15.5. The van der Waals surface area contributed by atoms with E-state index >= 15 is 0 Å². The van der Waals surface area contributed by atoms with Crippen LogP contribution in [0.5, 0.6) is 0 Å². The molecule has 0 aromatic carbocycles. The van der Waals surface area contributed by atoms with Gasteiger partial charge in [0, 0.05) is 49.6 Å². The monoisotopic (exact) mass is 355 g/mol. The highest BCUT2D eigenvalue weighted by Crippen LogP contribution is 2.32. The second-order valence-electron chi connectivity index (χ2n) is 8.22. The van der Waals surface area contributed by atoms with Gasteiger partial charge in [-0.1, -0.05) is 25.7 Å². The van der Waals surface area contributed by atoms with Gasteiger partial charge in [-0.3, -0.25) is 14.6 Å². The van der Waals surface area contributed by atoms with Gasteiger partial charge in [-0.25, -0.2) is 0 Å². The summed E-state index contributed by atoms with van der Waals surface area (Å²) in [5.74, 6) is 1.06. The van der Waals surface area contributed by atoms with Gasteiger partial charge in [0.2, 0.25) is 5.91 Å². The van der Waals surface area contributed by atoms with E-state index in [0.717, 1.165) is 38.8 Å². The molecule has 2 amide bonds. The molecule has 1 saturated carbocycles. The summed E-state index contributed by atoms with van der Waals surface area (Å²) in [4.78, 5) is 34.2. The predicted molar refractivity (Wildman–Crippen MR) is 99.6 cm³/mol. The zero-order chi connectivity index (χ0) is 17.9. The quantitative estimate of drug-likeness (QED) is 0.766. The van der Waals surface area contributed by atoms with Crippen LogP contribution in [0.15, 0.2) is 24.5 Å². The zero-order valence-electron chi connectivity index (χ0n) is 15.5. The molecule has 5 nitrogen and oxygen atoms in total. The maximum atomic E-state index is 13.2. The Kier molecular flexibility index (Phi) is 5.23. The molecule has 0 unspecified atom stereocenters. The van der Waals surface area contributed by atoms with Gasteiger partial charge in [-0.2, -0.15) is 0 Å². The molecule has 1 aromatic rings. The molecule has 26 heavy (non-hydrogen) atoms. The summed E-state index contributed by atoms with van der Waals surface area (Å²) < 4.78 is 0. The average molecular weight is 355 g/mol. The predicted octanol–water partition coefficient (Wildman–Crippen LogP) is 3.12. The molecule has 2 bridgehead atoms. The third kappa shape index (κ3) is 3.62. The topological polar surface area (TPSA) is 53.5 Å². The van der Waals surface area contributed by atoms with Crippen molar-refractivity contribution in [3.05, 3.63) is 30.1 Å². The molecular weight excluding hydrogens is 326 g/mol. The first kappa shape index (κ1) is 17.5. The molecule has 3 saturated heterocycles. The van der Waals surface area contributed by atoms with Crippen LogP contribution in [-0.2, 0) is 4.79 Å². The van der Waals surface area contributed by atoms with E-state index in [-0.39, 0.29) is 17.9 Å². The summed E-state index contributed by atoms with van der Waals surface area (Å²) in [7, 11) is 0. The molecule has 0 radical (unpaired) electrons. The summed E-state index contributed by atoms with van der Waals surface area (Å²) in [6, 6.07) is 3.75. The molecule has 140 valence electrons. The van der Waals surface area contributed by atoms with E-state index in [4.69, 9.17) is 0 Å². The Morgan fingerprint density at radius 1 is 0.885 bits per heavy atom. The van der Waals surface area contributed by atoms with Gasteiger partial charge < -0.3 is 9.80 Å². The van der Waals surface area contributed by atoms with Gasteiger partial charge >= 0.3 is 0 Å². The van der Waals surface area contributed by atoms with Crippen molar-refractivity contribution in [2.24, 2.45) is 11.8 Å². The van der Waals surface area contributed by atoms with Gasteiger partial charge in [-0.05, 0) is 43.7 Å². The van der Waals surface area contributed by atoms with Crippen LogP contribution in [0.4, 0.5) is 0 Å². The first-order chi connectivity index (χ1) is 12.7. The Hall–Kier alpha value is -1.91. The summed E-state index contributed by atoms with van der Waals surface area (Å²) >= 11 is 0. The maximum absolute atomic E-state index is 13.2. The Morgan fingerprint density at radius 2 is 1.62 bits per heavy atom. The minimum absolute atomic E-state index is 0.0769. The lowest BCUT2D eigenvalue weighted by molar-refractivity contribution is -0.140. The number of hydrogen-bond acceptors (Lipinski definition) is 3. The first-order valence-electron chi connectivity index (χ1n) is 10.2. The molecule has 0 N–H and O–H groups in total. The lowest BCUT2D eigenvalue weighted by Crippen LogP contribution is -2.49. The number of fused-ring (bicyclic) bond motifs is 4. The van der Waals surface area contributed by atoms with E-state index in [1.165, 1.54) is 25.7 Å². The first-order valence-corrected chi connectivity index (χ1v) is 10.2. The third-order valence-corrected chi connectivity index (χ3v) is 6.42. The van der Waals surface area contributed by atoms with E-state index in [9.17, 15) is 9.59 Å². The van der Waals surface area contributed by atoms with Crippen molar-refractivity contribution >= 4 is 11.8 Å². The van der Waals surface area contributed by atoms with Crippen LogP contribution < -0.4 is 0 Å². The average Bonchev–Trinajstić information content (AvgIpc) is 3.14. The largest absolute Gasteiger partial charge is 0.337 e.